The molecule has 0 bridgehead atoms. The molecule has 1 aromatic heterocycles. The van der Waals surface area contributed by atoms with Gasteiger partial charge in [-0.15, -0.1) is 6.58 Å². The molecule has 2 aromatic carbocycles. The van der Waals surface area contributed by atoms with Gasteiger partial charge in [-0.2, -0.15) is 0 Å². The molecule has 36 heavy (non-hydrogen) atoms. The quantitative estimate of drug-likeness (QED) is 0.371. The number of benzene rings is 2. The first-order valence-electron chi connectivity index (χ1n) is 12.5. The van der Waals surface area contributed by atoms with Crippen molar-refractivity contribution in [2.45, 2.75) is 70.4 Å². The summed E-state index contributed by atoms with van der Waals surface area (Å²) in [6, 6.07) is 21.0. The molecule has 2 heterocycles. The molecule has 1 N–H and O–H groups in total. The van der Waals surface area contributed by atoms with Gasteiger partial charge in [0.15, 0.2) is 0 Å². The van der Waals surface area contributed by atoms with Crippen molar-refractivity contribution in [1.82, 2.24) is 9.55 Å². The normalized spacial score (nSPS) is 20.4. The lowest BCUT2D eigenvalue weighted by Gasteiger charge is -2.45. The number of H-pyrrole nitrogens is 1. The van der Waals surface area contributed by atoms with Crippen LogP contribution in [-0.2, 0) is 9.16 Å². The first kappa shape index (κ1) is 26.1. The average molecular weight is 505 g/mol. The van der Waals surface area contributed by atoms with Crippen LogP contribution in [0.3, 0.4) is 0 Å². The van der Waals surface area contributed by atoms with Crippen molar-refractivity contribution in [2.24, 2.45) is 0 Å². The van der Waals surface area contributed by atoms with E-state index in [1.54, 1.807) is 13.1 Å². The van der Waals surface area contributed by atoms with Gasteiger partial charge in [-0.1, -0.05) is 87.5 Å². The number of rotatable bonds is 8. The topological polar surface area (TPSA) is 73.3 Å². The van der Waals surface area contributed by atoms with Crippen LogP contribution < -0.4 is 21.6 Å². The van der Waals surface area contributed by atoms with Crippen molar-refractivity contribution >= 4 is 18.7 Å². The predicted octanol–water partition coefficient (Wildman–Crippen LogP) is 4.04. The fourth-order valence-corrected chi connectivity index (χ4v) is 9.97. The largest absolute Gasteiger partial charge is 0.402 e. The van der Waals surface area contributed by atoms with E-state index < -0.39 is 20.2 Å². The van der Waals surface area contributed by atoms with E-state index in [0.29, 0.717) is 12.0 Å². The Hall–Kier alpha value is -3.00. The van der Waals surface area contributed by atoms with Gasteiger partial charge in [-0.3, -0.25) is 14.3 Å². The first-order chi connectivity index (χ1) is 17.2. The molecule has 1 saturated heterocycles. The first-order valence-corrected chi connectivity index (χ1v) is 14.5. The van der Waals surface area contributed by atoms with Gasteiger partial charge in [-0.05, 0) is 35.2 Å². The highest BCUT2D eigenvalue weighted by atomic mass is 28.4. The zero-order valence-corrected chi connectivity index (χ0v) is 22.6. The van der Waals surface area contributed by atoms with Gasteiger partial charge < -0.3 is 9.16 Å². The molecule has 1 aliphatic rings. The van der Waals surface area contributed by atoms with Crippen LogP contribution >= 0.6 is 0 Å². The molecular weight excluding hydrogens is 468 g/mol. The smallest absolute Gasteiger partial charge is 0.330 e. The summed E-state index contributed by atoms with van der Waals surface area (Å²) in [7, 11) is -2.81. The minimum absolute atomic E-state index is 0.178. The van der Waals surface area contributed by atoms with Crippen LogP contribution in [-0.4, -0.2) is 30.1 Å². The van der Waals surface area contributed by atoms with Crippen molar-refractivity contribution < 1.29 is 9.16 Å². The molecule has 0 saturated carbocycles. The molecule has 1 unspecified atom stereocenters. The summed E-state index contributed by atoms with van der Waals surface area (Å²) in [4.78, 5) is 27.0. The minimum Gasteiger partial charge on any atom is -0.402 e. The van der Waals surface area contributed by atoms with E-state index in [-0.39, 0.29) is 22.8 Å². The fraction of sp³-hybridized carbons (Fsp3) is 0.379. The van der Waals surface area contributed by atoms with Gasteiger partial charge in [0, 0.05) is 18.2 Å². The van der Waals surface area contributed by atoms with Crippen LogP contribution in [0.4, 0.5) is 0 Å². The molecule has 190 valence electrons. The predicted molar refractivity (Wildman–Crippen MR) is 147 cm³/mol. The molecule has 6 nitrogen and oxygen atoms in total. The van der Waals surface area contributed by atoms with Crippen molar-refractivity contribution in [3.63, 3.8) is 0 Å². The van der Waals surface area contributed by atoms with E-state index in [4.69, 9.17) is 9.16 Å². The van der Waals surface area contributed by atoms with E-state index >= 15 is 0 Å². The van der Waals surface area contributed by atoms with Crippen molar-refractivity contribution in [3.8, 4) is 0 Å². The average Bonchev–Trinajstić information content (AvgIpc) is 3.25. The Morgan fingerprint density at radius 3 is 2.19 bits per heavy atom. The summed E-state index contributed by atoms with van der Waals surface area (Å²) in [5.74, 6) is 0. The van der Waals surface area contributed by atoms with Gasteiger partial charge >= 0.3 is 5.69 Å². The van der Waals surface area contributed by atoms with Gasteiger partial charge in [0.1, 0.15) is 6.23 Å². The summed E-state index contributed by atoms with van der Waals surface area (Å²) >= 11 is 0. The molecule has 0 aliphatic carbocycles. The van der Waals surface area contributed by atoms with E-state index in [9.17, 15) is 9.59 Å². The molecule has 3 aromatic rings. The maximum absolute atomic E-state index is 12.7. The Morgan fingerprint density at radius 1 is 1.08 bits per heavy atom. The molecular formula is C29H36N2O4Si. The van der Waals surface area contributed by atoms with Crippen molar-refractivity contribution in [1.29, 1.82) is 0 Å². The fourth-order valence-electron chi connectivity index (χ4n) is 5.25. The third-order valence-corrected chi connectivity index (χ3v) is 12.1. The van der Waals surface area contributed by atoms with E-state index in [1.165, 1.54) is 14.9 Å². The number of allylic oxidation sites excluding steroid dienone is 1. The summed E-state index contributed by atoms with van der Waals surface area (Å²) in [6.07, 6.45) is 4.52. The molecule has 0 spiro atoms. The Balaban J connectivity index is 1.81. The standard InChI is InChI=1S/C29H36N2O4Si/c1-6-7-18-24-25(19-26(34-24)31-20-21(2)27(32)30-28(31)33)35-36(29(3,4)5,22-14-10-8-11-15-22)23-16-12-9-13-17-23/h6,8-17,20,24-26H,1,7,18-19H2,2-5H3,(H,30,32,33)/t24-,25?,26-/m1/s1. The van der Waals surface area contributed by atoms with Crippen LogP contribution in [0.2, 0.25) is 5.04 Å². The van der Waals surface area contributed by atoms with Crippen molar-refractivity contribution in [2.75, 3.05) is 0 Å². The number of nitrogens with zero attached hydrogens (tertiary/aromatic N) is 1. The Kier molecular flexibility index (Phi) is 7.64. The van der Waals surface area contributed by atoms with Crippen LogP contribution in [0.25, 0.3) is 0 Å². The van der Waals surface area contributed by atoms with E-state index in [0.717, 1.165) is 12.8 Å². The number of nitrogens with one attached hydrogen (secondary N) is 1. The van der Waals surface area contributed by atoms with E-state index in [1.807, 2.05) is 18.2 Å². The zero-order valence-electron chi connectivity index (χ0n) is 21.6. The number of hydrogen-bond acceptors (Lipinski definition) is 4. The van der Waals surface area contributed by atoms with Gasteiger partial charge in [-0.25, -0.2) is 4.79 Å². The second-order valence-electron chi connectivity index (χ2n) is 10.5. The summed E-state index contributed by atoms with van der Waals surface area (Å²) < 4.78 is 15.3. The number of aromatic amines is 1. The number of aryl methyl sites for hydroxylation is 1. The highest BCUT2D eigenvalue weighted by molar-refractivity contribution is 6.99. The molecule has 7 heteroatoms. The van der Waals surface area contributed by atoms with E-state index in [2.05, 4.69) is 80.9 Å². The monoisotopic (exact) mass is 504 g/mol. The summed E-state index contributed by atoms with van der Waals surface area (Å²) in [6.45, 7) is 12.3. The molecule has 4 rings (SSSR count). The number of aromatic nitrogens is 2. The summed E-state index contributed by atoms with van der Waals surface area (Å²) in [5.41, 5.74) is -0.376. The van der Waals surface area contributed by atoms with Crippen LogP contribution in [0, 0.1) is 6.92 Å². The lowest BCUT2D eigenvalue weighted by molar-refractivity contribution is -0.0212. The lowest BCUT2D eigenvalue weighted by atomic mass is 10.1. The van der Waals surface area contributed by atoms with Crippen molar-refractivity contribution in [3.05, 3.63) is 106 Å². The molecule has 1 aliphatic heterocycles. The third kappa shape index (κ3) is 4.96. The molecule has 1 fully saturated rings. The minimum atomic E-state index is -2.81. The number of hydrogen-bond donors (Lipinski definition) is 1. The molecule has 0 amide bonds. The van der Waals surface area contributed by atoms with Gasteiger partial charge in [0.05, 0.1) is 12.2 Å². The maximum Gasteiger partial charge on any atom is 0.330 e. The maximum atomic E-state index is 12.7. The van der Waals surface area contributed by atoms with Gasteiger partial charge in [0.25, 0.3) is 13.9 Å². The second-order valence-corrected chi connectivity index (χ2v) is 14.8. The highest BCUT2D eigenvalue weighted by Crippen LogP contribution is 2.41. The Bertz CT molecular complexity index is 1260. The van der Waals surface area contributed by atoms with Crippen LogP contribution in [0.1, 0.15) is 51.8 Å². The number of ether oxygens (including phenoxy) is 1. The lowest BCUT2D eigenvalue weighted by Crippen LogP contribution is -2.68. The highest BCUT2D eigenvalue weighted by Gasteiger charge is 2.53. The third-order valence-electron chi connectivity index (χ3n) is 7.04. The summed E-state index contributed by atoms with van der Waals surface area (Å²) in [5, 5.41) is 2.22. The zero-order chi connectivity index (χ0) is 25.9. The van der Waals surface area contributed by atoms with Crippen LogP contribution in [0.15, 0.2) is 89.1 Å². The van der Waals surface area contributed by atoms with Crippen LogP contribution in [0.5, 0.6) is 0 Å². The van der Waals surface area contributed by atoms with Gasteiger partial charge in [0.2, 0.25) is 0 Å². The molecule has 0 radical (unpaired) electrons. The second kappa shape index (κ2) is 10.5. The SMILES string of the molecule is C=CCC[C@H]1O[C@@H](n2cc(C)c(=O)[nH]c2=O)CC1O[Si](c1ccccc1)(c1ccccc1)C(C)(C)C. The Labute approximate surface area is 213 Å². The Morgan fingerprint density at radius 2 is 1.67 bits per heavy atom. The molecule has 3 atom stereocenters.